The Morgan fingerprint density at radius 1 is 0.203 bits per heavy atom. The van der Waals surface area contributed by atoms with E-state index in [9.17, 15) is 0 Å². The molecular formula is C66H42N8. The fourth-order valence-electron chi connectivity index (χ4n) is 10.3. The maximum Gasteiger partial charge on any atom is 0.238 e. The molecule has 346 valence electrons. The van der Waals surface area contributed by atoms with E-state index in [2.05, 4.69) is 179 Å². The number of fused-ring (bicyclic) bond motifs is 6. The molecule has 14 aromatic rings. The van der Waals surface area contributed by atoms with Crippen LogP contribution in [0.3, 0.4) is 0 Å². The van der Waals surface area contributed by atoms with Crippen molar-refractivity contribution in [3.63, 3.8) is 0 Å². The highest BCUT2D eigenvalue weighted by Crippen LogP contribution is 2.40. The van der Waals surface area contributed by atoms with Crippen LogP contribution in [0.15, 0.2) is 255 Å². The average molecular weight is 947 g/mol. The van der Waals surface area contributed by atoms with Crippen molar-refractivity contribution in [1.29, 1.82) is 0 Å². The predicted molar refractivity (Wildman–Crippen MR) is 300 cm³/mol. The molecule has 0 spiro atoms. The van der Waals surface area contributed by atoms with Gasteiger partial charge in [0.2, 0.25) is 5.95 Å². The fourth-order valence-corrected chi connectivity index (χ4v) is 10.3. The minimum Gasteiger partial charge on any atom is -0.309 e. The number of aromatic nitrogens is 8. The molecule has 0 unspecified atom stereocenters. The summed E-state index contributed by atoms with van der Waals surface area (Å²) in [5, 5.41) is 4.48. The highest BCUT2D eigenvalue weighted by Gasteiger charge is 2.22. The Balaban J connectivity index is 0.937. The van der Waals surface area contributed by atoms with Crippen molar-refractivity contribution in [2.75, 3.05) is 0 Å². The highest BCUT2D eigenvalue weighted by atomic mass is 15.2. The summed E-state index contributed by atoms with van der Waals surface area (Å²) < 4.78 is 4.58. The van der Waals surface area contributed by atoms with Crippen molar-refractivity contribution in [3.8, 4) is 90.8 Å². The van der Waals surface area contributed by atoms with Crippen LogP contribution in [0.25, 0.3) is 134 Å². The SMILES string of the molecule is c1ccc(-c2ccc(-n3c4ccccc4c4cc5c(cc43)c3ccccc3n5-c3nc(-c4ccccc4)nc(-c4cccc(-c5nc(-c6ccccc6)nc(-c6cccc(-c7ccccc7)c6)n5)c4)n3)cc2)cc1. The second kappa shape index (κ2) is 17.9. The van der Waals surface area contributed by atoms with Gasteiger partial charge in [0.15, 0.2) is 29.1 Å². The summed E-state index contributed by atoms with van der Waals surface area (Å²) in [6, 6.07) is 88.3. The number of hydrogen-bond donors (Lipinski definition) is 0. The largest absolute Gasteiger partial charge is 0.309 e. The number of para-hydroxylation sites is 2. The van der Waals surface area contributed by atoms with Gasteiger partial charge in [-0.2, -0.15) is 9.97 Å². The summed E-state index contributed by atoms with van der Waals surface area (Å²) in [7, 11) is 0. The Morgan fingerprint density at radius 3 is 1.05 bits per heavy atom. The number of benzene rings is 10. The number of hydrogen-bond acceptors (Lipinski definition) is 6. The van der Waals surface area contributed by atoms with Crippen LogP contribution in [-0.4, -0.2) is 39.0 Å². The van der Waals surface area contributed by atoms with Crippen LogP contribution in [0, 0.1) is 0 Å². The van der Waals surface area contributed by atoms with Crippen LogP contribution in [0.2, 0.25) is 0 Å². The molecule has 0 aliphatic rings. The molecule has 0 aliphatic carbocycles. The van der Waals surface area contributed by atoms with Gasteiger partial charge >= 0.3 is 0 Å². The molecule has 14 rings (SSSR count). The van der Waals surface area contributed by atoms with Crippen molar-refractivity contribution < 1.29 is 0 Å². The van der Waals surface area contributed by atoms with Gasteiger partial charge in [0.1, 0.15) is 0 Å². The molecular weight excluding hydrogens is 905 g/mol. The second-order valence-electron chi connectivity index (χ2n) is 18.4. The molecule has 0 N–H and O–H groups in total. The van der Waals surface area contributed by atoms with Crippen molar-refractivity contribution in [1.82, 2.24) is 39.0 Å². The van der Waals surface area contributed by atoms with E-state index in [0.717, 1.165) is 88.2 Å². The molecule has 4 heterocycles. The third-order valence-corrected chi connectivity index (χ3v) is 13.8. The average Bonchev–Trinajstić information content (AvgIpc) is 3.99. The van der Waals surface area contributed by atoms with Crippen molar-refractivity contribution in [2.24, 2.45) is 0 Å². The van der Waals surface area contributed by atoms with Gasteiger partial charge in [0.05, 0.1) is 22.1 Å². The molecule has 0 aliphatic heterocycles. The smallest absolute Gasteiger partial charge is 0.238 e. The van der Waals surface area contributed by atoms with Gasteiger partial charge < -0.3 is 4.57 Å². The molecule has 8 heteroatoms. The number of nitrogens with zero attached hydrogens (tertiary/aromatic N) is 8. The van der Waals surface area contributed by atoms with Gasteiger partial charge in [0.25, 0.3) is 0 Å². The fraction of sp³-hybridized carbons (Fsp3) is 0. The summed E-state index contributed by atoms with van der Waals surface area (Å²) >= 11 is 0. The van der Waals surface area contributed by atoms with E-state index in [4.69, 9.17) is 29.9 Å². The summed E-state index contributed by atoms with van der Waals surface area (Å²) in [4.78, 5) is 31.2. The highest BCUT2D eigenvalue weighted by molar-refractivity contribution is 6.19. The zero-order chi connectivity index (χ0) is 49.0. The van der Waals surface area contributed by atoms with Crippen LogP contribution in [-0.2, 0) is 0 Å². The first kappa shape index (κ1) is 42.7. The zero-order valence-corrected chi connectivity index (χ0v) is 39.8. The normalized spacial score (nSPS) is 11.5. The third kappa shape index (κ3) is 7.57. The number of rotatable bonds is 9. The molecule has 0 fully saturated rings. The van der Waals surface area contributed by atoms with Crippen LogP contribution < -0.4 is 0 Å². The van der Waals surface area contributed by atoms with Crippen molar-refractivity contribution in [2.45, 2.75) is 0 Å². The quantitative estimate of drug-likeness (QED) is 0.143. The van der Waals surface area contributed by atoms with Gasteiger partial charge in [-0.3, -0.25) is 4.57 Å². The molecule has 0 bridgehead atoms. The maximum atomic E-state index is 5.39. The van der Waals surface area contributed by atoms with Gasteiger partial charge in [-0.15, -0.1) is 0 Å². The molecule has 0 amide bonds. The molecule has 8 nitrogen and oxygen atoms in total. The van der Waals surface area contributed by atoms with Crippen molar-refractivity contribution >= 4 is 43.6 Å². The van der Waals surface area contributed by atoms with Crippen LogP contribution >= 0.6 is 0 Å². The molecule has 10 aromatic carbocycles. The topological polar surface area (TPSA) is 87.2 Å². The van der Waals surface area contributed by atoms with E-state index in [-0.39, 0.29) is 0 Å². The Kier molecular flexibility index (Phi) is 10.3. The van der Waals surface area contributed by atoms with Gasteiger partial charge in [-0.05, 0) is 70.8 Å². The zero-order valence-electron chi connectivity index (χ0n) is 39.8. The minimum absolute atomic E-state index is 0.511. The van der Waals surface area contributed by atoms with E-state index in [1.165, 1.54) is 11.1 Å². The lowest BCUT2D eigenvalue weighted by Gasteiger charge is -2.12. The van der Waals surface area contributed by atoms with E-state index < -0.39 is 0 Å². The third-order valence-electron chi connectivity index (χ3n) is 13.8. The van der Waals surface area contributed by atoms with Crippen LogP contribution in [0.4, 0.5) is 0 Å². The lowest BCUT2D eigenvalue weighted by atomic mass is 10.0. The monoisotopic (exact) mass is 946 g/mol. The standard InChI is InChI=1S/C66H42N8/c1-5-19-43(20-6-1)45-35-37-52(38-36-45)73-57-33-15-13-31-53(57)55-42-60-56(41-59(55)73)54-32-14-16-34-58(54)74(60)66-71-62(47-25-11-4-12-26-47)69-65(72-66)51-30-18-29-50(40-51)64-68-61(46-23-9-3-10-24-46)67-63(70-64)49-28-17-27-48(39-49)44-21-7-2-8-22-44/h1-42H. The Labute approximate surface area is 426 Å². The maximum absolute atomic E-state index is 5.39. The van der Waals surface area contributed by atoms with Crippen LogP contribution in [0.1, 0.15) is 0 Å². The molecule has 0 radical (unpaired) electrons. The minimum atomic E-state index is 0.511. The lowest BCUT2D eigenvalue weighted by molar-refractivity contribution is 0.954. The molecule has 0 atom stereocenters. The van der Waals surface area contributed by atoms with E-state index in [1.807, 2.05) is 84.9 Å². The Bertz CT molecular complexity index is 4400. The second-order valence-corrected chi connectivity index (χ2v) is 18.4. The predicted octanol–water partition coefficient (Wildman–Crippen LogP) is 15.9. The van der Waals surface area contributed by atoms with E-state index in [0.29, 0.717) is 35.1 Å². The molecule has 4 aromatic heterocycles. The Hall–Kier alpha value is -10.2. The van der Waals surface area contributed by atoms with E-state index >= 15 is 0 Å². The van der Waals surface area contributed by atoms with Gasteiger partial charge in [-0.1, -0.05) is 206 Å². The summed E-state index contributed by atoms with van der Waals surface area (Å²) in [6.45, 7) is 0. The Morgan fingerprint density at radius 2 is 0.541 bits per heavy atom. The molecule has 74 heavy (non-hydrogen) atoms. The molecule has 0 saturated carbocycles. The van der Waals surface area contributed by atoms with E-state index in [1.54, 1.807) is 0 Å². The van der Waals surface area contributed by atoms with Gasteiger partial charge in [0, 0.05) is 55.0 Å². The summed E-state index contributed by atoms with van der Waals surface area (Å²) in [5.41, 5.74) is 14.2. The summed E-state index contributed by atoms with van der Waals surface area (Å²) in [5.74, 6) is 3.29. The lowest BCUT2D eigenvalue weighted by Crippen LogP contribution is -2.06. The summed E-state index contributed by atoms with van der Waals surface area (Å²) in [6.07, 6.45) is 0. The van der Waals surface area contributed by atoms with Gasteiger partial charge in [-0.25, -0.2) is 19.9 Å². The first-order chi connectivity index (χ1) is 36.7. The first-order valence-electron chi connectivity index (χ1n) is 24.7. The first-order valence-corrected chi connectivity index (χ1v) is 24.7. The van der Waals surface area contributed by atoms with Crippen molar-refractivity contribution in [3.05, 3.63) is 255 Å². The molecule has 0 saturated heterocycles. The van der Waals surface area contributed by atoms with Crippen LogP contribution in [0.5, 0.6) is 0 Å².